The molecule has 18 heteroatoms. The van der Waals surface area contributed by atoms with Gasteiger partial charge in [-0.15, -0.1) is 0 Å². The average molecular weight is 1540 g/mol. The Morgan fingerprint density at radius 2 is 0.561 bits per heavy atom. The van der Waals surface area contributed by atoms with Crippen LogP contribution in [0.4, 0.5) is 103 Å². The maximum absolute atomic E-state index is 8.55. The minimum Gasteiger partial charge on any atom is -0.351 e. The van der Waals surface area contributed by atoms with Crippen LogP contribution < -0.4 is 58.8 Å². The summed E-state index contributed by atoms with van der Waals surface area (Å²) in [5, 5.41) is 0. The molecule has 0 spiro atoms. The highest BCUT2D eigenvalue weighted by Crippen LogP contribution is 2.50. The summed E-state index contributed by atoms with van der Waals surface area (Å²) in [6.07, 6.45) is 9.33. The highest BCUT2D eigenvalue weighted by molar-refractivity contribution is 5.87. The number of aryl methyl sites for hydroxylation is 6. The second-order valence-electron chi connectivity index (χ2n) is 28.9. The standard InChI is InChI=1S/2C17H21N3.2C16H19N3.2C15H17N3/c1-12(2)19-14(4)20(15-9-6-5-8-13(15)3)16-10-7-11-18-17(16)19;1-12(2)19-14(4)20(15-9-6-5-8-13(15)3)17-16(19)10-7-11-18-17;1-4-18-13(3)19(14-9-6-5-8-12(14)2)15-10-7-11-17-16(15)18;1-4-18-13(3)19(14-9-6-5-8-12(14)2)16-15(18)10-7-11-17-16;1-11-7-4-5-8-13(11)18-12(2)17(3)15-14(18)9-6-10-16-15;1-11-7-4-5-8-13(11)18-12(2)17(3)14-9-6-10-16-15(14)18/h2*5-12,14H,1-4H3;2*5-11,13H,4H2,1-3H3;2*4-10,12H,1-3H3/t2*14-;2*13-;2*12-/m111111/s1/i2*1D3,12D;2*4D2;3D3;/t2*12?,14-;3m;. The van der Waals surface area contributed by atoms with E-state index in [1.807, 2.05) is 229 Å². The largest absolute Gasteiger partial charge is 0.351 e. The van der Waals surface area contributed by atoms with Crippen molar-refractivity contribution in [2.24, 2.45) is 0 Å². The van der Waals surface area contributed by atoms with Crippen molar-refractivity contribution in [3.8, 4) is 0 Å². The van der Waals surface area contributed by atoms with E-state index in [-0.39, 0.29) is 37.0 Å². The Kier molecular flexibility index (Phi) is 19.1. The van der Waals surface area contributed by atoms with Crippen LogP contribution in [0.2, 0.25) is 0 Å². The van der Waals surface area contributed by atoms with Crippen LogP contribution in [0.25, 0.3) is 0 Å². The van der Waals surface area contributed by atoms with Crippen molar-refractivity contribution in [3.05, 3.63) is 289 Å². The van der Waals surface area contributed by atoms with Gasteiger partial charge in [0.2, 0.25) is 0 Å². The zero-order chi connectivity index (χ0) is 93.7. The summed E-state index contributed by atoms with van der Waals surface area (Å²) in [7, 11) is 2.11. The van der Waals surface area contributed by atoms with E-state index in [0.717, 1.165) is 90.6 Å². The molecule has 0 radical (unpaired) electrons. The lowest BCUT2D eigenvalue weighted by atomic mass is 10.1. The van der Waals surface area contributed by atoms with Crippen LogP contribution in [-0.4, -0.2) is 106 Å². The average Bonchev–Trinajstić information content (AvgIpc) is 1.53. The van der Waals surface area contributed by atoms with Gasteiger partial charge in [-0.05, 0) is 267 Å². The van der Waals surface area contributed by atoms with Gasteiger partial charge in [-0.2, -0.15) is 0 Å². The molecule has 6 aromatic heterocycles. The Morgan fingerprint density at radius 1 is 0.289 bits per heavy atom. The molecule has 0 bridgehead atoms. The molecule has 12 aromatic rings. The molecule has 6 aliphatic rings. The van der Waals surface area contributed by atoms with Gasteiger partial charge < -0.3 is 58.8 Å². The maximum atomic E-state index is 8.55. The summed E-state index contributed by atoms with van der Waals surface area (Å²) in [5.74, 6) is 4.27. The van der Waals surface area contributed by atoms with Gasteiger partial charge in [0.25, 0.3) is 0 Å². The molecule has 0 N–H and O–H groups in total. The molecule has 0 saturated heterocycles. The number of anilines is 18. The highest BCUT2D eigenvalue weighted by Gasteiger charge is 2.41. The van der Waals surface area contributed by atoms with Gasteiger partial charge in [0.1, 0.15) is 37.0 Å². The molecule has 0 fully saturated rings. The van der Waals surface area contributed by atoms with E-state index < -0.39 is 45.7 Å². The molecular formula is C96H114N18. The highest BCUT2D eigenvalue weighted by atomic mass is 15.5. The summed E-state index contributed by atoms with van der Waals surface area (Å²) >= 11 is 0. The molecule has 12 heterocycles. The van der Waals surface area contributed by atoms with Crippen LogP contribution in [0.1, 0.15) is 137 Å². The van der Waals surface area contributed by atoms with E-state index in [0.29, 0.717) is 29.0 Å². The number of para-hydroxylation sites is 6. The Hall–Kier alpha value is -12.2. The van der Waals surface area contributed by atoms with Gasteiger partial charge in [-0.3, -0.25) is 0 Å². The van der Waals surface area contributed by atoms with Crippen molar-refractivity contribution in [2.45, 2.75) is 174 Å². The first kappa shape index (κ1) is 62.4. The summed E-state index contributed by atoms with van der Waals surface area (Å²) < 4.78 is 120. The van der Waals surface area contributed by atoms with Gasteiger partial charge in [-0.25, -0.2) is 29.9 Å². The Bertz CT molecular complexity index is 5540. The molecule has 6 aliphatic heterocycles. The first-order valence-corrected chi connectivity index (χ1v) is 38.7. The number of hydrogen-bond acceptors (Lipinski definition) is 18. The Balaban J connectivity index is 0.000000132. The summed E-state index contributed by atoms with van der Waals surface area (Å²) in [4.78, 5) is 49.6. The van der Waals surface area contributed by atoms with E-state index in [1.54, 1.807) is 70.5 Å². The molecule has 0 aliphatic carbocycles. The zero-order valence-corrected chi connectivity index (χ0v) is 68.3. The van der Waals surface area contributed by atoms with Crippen molar-refractivity contribution in [3.63, 3.8) is 0 Å². The zero-order valence-electron chi connectivity index (χ0n) is 83.3. The lowest BCUT2D eigenvalue weighted by Gasteiger charge is -2.33. The minimum atomic E-state index is -2.46. The first-order valence-electron chi connectivity index (χ1n) is 46.2. The molecule has 6 aromatic carbocycles. The van der Waals surface area contributed by atoms with Crippen molar-refractivity contribution >= 4 is 103 Å². The number of rotatable bonds is 10. The molecule has 8 atom stereocenters. The van der Waals surface area contributed by atoms with Gasteiger partial charge >= 0.3 is 0 Å². The Morgan fingerprint density at radius 3 is 0.982 bits per heavy atom. The number of nitrogens with zero attached hydrogens (tertiary/aromatic N) is 18. The fourth-order valence-corrected chi connectivity index (χ4v) is 16.1. The predicted octanol–water partition coefficient (Wildman–Crippen LogP) is 22.3. The molecule has 114 heavy (non-hydrogen) atoms. The lowest BCUT2D eigenvalue weighted by molar-refractivity contribution is 0.601. The molecule has 0 saturated carbocycles. The second-order valence-corrected chi connectivity index (χ2v) is 28.9. The summed E-state index contributed by atoms with van der Waals surface area (Å²) in [5.41, 5.74) is 18.5. The third-order valence-electron chi connectivity index (χ3n) is 21.8. The van der Waals surface area contributed by atoms with E-state index in [1.165, 1.54) is 35.7 Å². The number of fused-ring (bicyclic) bond motifs is 6. The van der Waals surface area contributed by atoms with Crippen LogP contribution in [0.5, 0.6) is 0 Å². The third-order valence-corrected chi connectivity index (χ3v) is 21.8. The molecule has 0 amide bonds. The quantitative estimate of drug-likeness (QED) is 0.129. The number of aromatic nitrogens is 6. The fraction of sp³-hybridized carbons (Fsp3) is 0.312. The second kappa shape index (κ2) is 34.8. The minimum absolute atomic E-state index is 0.129. The molecular weight excluding hydrogens is 1410 g/mol. The lowest BCUT2D eigenvalue weighted by Crippen LogP contribution is -2.42. The van der Waals surface area contributed by atoms with Crippen LogP contribution in [-0.2, 0) is 0 Å². The molecule has 588 valence electrons. The maximum Gasteiger partial charge on any atom is 0.158 e. The van der Waals surface area contributed by atoms with E-state index in [4.69, 9.17) is 20.6 Å². The van der Waals surface area contributed by atoms with Crippen molar-refractivity contribution in [1.82, 2.24) is 29.9 Å². The van der Waals surface area contributed by atoms with Gasteiger partial charge in [0.05, 0.1) is 36.9 Å². The van der Waals surface area contributed by atoms with Crippen molar-refractivity contribution in [1.29, 1.82) is 0 Å². The normalized spacial score (nSPS) is 21.4. The van der Waals surface area contributed by atoms with Gasteiger partial charge in [0, 0.05) is 128 Å². The number of hydrogen-bond donors (Lipinski definition) is 0. The van der Waals surface area contributed by atoms with Crippen LogP contribution >= 0.6 is 0 Å². The van der Waals surface area contributed by atoms with Crippen LogP contribution in [0.15, 0.2) is 256 Å². The molecule has 18 nitrogen and oxygen atoms in total. The smallest absolute Gasteiger partial charge is 0.158 e. The fourth-order valence-electron chi connectivity index (χ4n) is 16.1. The molecule has 18 rings (SSSR count). The van der Waals surface area contributed by atoms with Gasteiger partial charge in [-0.1, -0.05) is 109 Å². The summed E-state index contributed by atoms with van der Waals surface area (Å²) in [6.45, 7) is 20.2. The van der Waals surface area contributed by atoms with Crippen molar-refractivity contribution in [2.75, 3.05) is 85.8 Å². The molecule has 2 unspecified atom stereocenters. The van der Waals surface area contributed by atoms with E-state index >= 15 is 0 Å². The predicted molar refractivity (Wildman–Crippen MR) is 480 cm³/mol. The van der Waals surface area contributed by atoms with E-state index in [9.17, 15) is 0 Å². The number of pyridine rings is 6. The van der Waals surface area contributed by atoms with Crippen molar-refractivity contribution < 1.29 is 20.6 Å². The SMILES string of the molecule is Cc1ccccc1N1c2ncccc2N(C)[C@H]1C.[2H]C([2H])(C)N1c2cccnc2N(c2ccccc2C)[C@@H]1C.[2H]C([2H])(C)N1c2ncccc2N(c2ccccc2C)[C@@H]1C.[2H]C([2H])([2H])C([2H])(C)N1c2cccnc2N(c2ccccc2C)[C@@H]1C.[2H]C([2H])([2H])C([2H])(C)N1c2ncccc2N(c2ccccc2C)[C@@H]1C.[2H]C([2H])([2H])N1c2ncccc2N(c2ccccc2C)[C@@H]1C. The monoisotopic (exact) mass is 1530 g/mol. The van der Waals surface area contributed by atoms with E-state index in [2.05, 4.69) is 144 Å². The topological polar surface area (TPSA) is 116 Å². The summed E-state index contributed by atoms with van der Waals surface area (Å²) in [6, 6.07) is 67.9. The first-order chi connectivity index (χ1) is 60.7. The van der Waals surface area contributed by atoms with Crippen LogP contribution in [0, 0.1) is 41.5 Å². The van der Waals surface area contributed by atoms with Crippen LogP contribution in [0.3, 0.4) is 0 Å². The van der Waals surface area contributed by atoms with Gasteiger partial charge in [0.15, 0.2) is 34.9 Å². The Labute approximate surface area is 699 Å². The third kappa shape index (κ3) is 15.4. The number of benzene rings is 6.